The van der Waals surface area contributed by atoms with Crippen molar-refractivity contribution < 1.29 is 17.9 Å². The van der Waals surface area contributed by atoms with Gasteiger partial charge in [0.15, 0.2) is 0 Å². The van der Waals surface area contributed by atoms with E-state index in [1.54, 1.807) is 7.11 Å². The van der Waals surface area contributed by atoms with Crippen molar-refractivity contribution in [2.75, 3.05) is 25.5 Å². The summed E-state index contributed by atoms with van der Waals surface area (Å²) in [4.78, 5) is 5.30. The van der Waals surface area contributed by atoms with Crippen LogP contribution in [0.2, 0.25) is 0 Å². The molecule has 0 saturated carbocycles. The molecule has 2 heterocycles. The van der Waals surface area contributed by atoms with Gasteiger partial charge in [-0.2, -0.15) is 13.2 Å². The summed E-state index contributed by atoms with van der Waals surface area (Å²) in [6.07, 6.45) is -2.37. The number of hydrogen-bond acceptors (Lipinski definition) is 5. The van der Waals surface area contributed by atoms with Crippen LogP contribution >= 0.6 is 11.9 Å². The number of ether oxygens (including phenoxy) is 1. The van der Waals surface area contributed by atoms with Crippen molar-refractivity contribution in [3.05, 3.63) is 52.2 Å². The Hall–Kier alpha value is -3.25. The van der Waals surface area contributed by atoms with Gasteiger partial charge in [0.25, 0.3) is 0 Å². The Bertz CT molecular complexity index is 1220. The molecule has 0 radical (unpaired) electrons. The number of hydrogen-bond donors (Lipinski definition) is 2. The summed E-state index contributed by atoms with van der Waals surface area (Å²) >= 11 is 1.43. The highest BCUT2D eigenvalue weighted by Gasteiger charge is 2.28. The second-order valence-corrected chi connectivity index (χ2v) is 8.00. The maximum atomic E-state index is 12.8. The van der Waals surface area contributed by atoms with Gasteiger partial charge in [-0.3, -0.25) is 4.99 Å². The number of nitrogens with zero attached hydrogens (tertiary/aromatic N) is 2. The molecule has 5 nitrogen and oxygen atoms in total. The molecule has 32 heavy (non-hydrogen) atoms. The summed E-state index contributed by atoms with van der Waals surface area (Å²) in [5, 5.41) is 3.76. The second kappa shape index (κ2) is 9.92. The number of nitrogens with one attached hydrogen (secondary N) is 2. The lowest BCUT2D eigenvalue weighted by atomic mass is 10.3. The van der Waals surface area contributed by atoms with Gasteiger partial charge in [0.1, 0.15) is 18.1 Å². The Kier molecular flexibility index (Phi) is 7.26. The Morgan fingerprint density at radius 3 is 2.72 bits per heavy atom. The molecule has 168 valence electrons. The number of anilines is 1. The fraction of sp³-hybridized carbons (Fsp3) is 0.261. The number of rotatable bonds is 6. The average molecular weight is 461 g/mol. The minimum atomic E-state index is -4.37. The lowest BCUT2D eigenvalue weighted by molar-refractivity contribution is -0.141. The van der Waals surface area contributed by atoms with E-state index < -0.39 is 12.7 Å². The molecule has 9 heteroatoms. The van der Waals surface area contributed by atoms with Crippen molar-refractivity contribution in [3.63, 3.8) is 0 Å². The molecule has 0 aliphatic carbocycles. The number of halogens is 3. The van der Waals surface area contributed by atoms with Gasteiger partial charge in [0.2, 0.25) is 0 Å². The highest BCUT2D eigenvalue weighted by Crippen LogP contribution is 2.29. The molecule has 3 rings (SSSR count). The topological polar surface area (TPSA) is 50.6 Å². The minimum absolute atomic E-state index is 0.206. The van der Waals surface area contributed by atoms with Gasteiger partial charge in [-0.1, -0.05) is 19.1 Å². The van der Waals surface area contributed by atoms with Crippen LogP contribution in [0.5, 0.6) is 5.75 Å². The highest BCUT2D eigenvalue weighted by molar-refractivity contribution is 7.98. The van der Waals surface area contributed by atoms with Gasteiger partial charge in [0.05, 0.1) is 31.6 Å². The number of benzene rings is 1. The lowest BCUT2D eigenvalue weighted by Crippen LogP contribution is -2.31. The molecule has 0 spiro atoms. The zero-order chi connectivity index (χ0) is 23.3. The van der Waals surface area contributed by atoms with E-state index in [1.807, 2.05) is 31.2 Å². The fourth-order valence-corrected chi connectivity index (χ4v) is 3.62. The first kappa shape index (κ1) is 23.4. The zero-order valence-electron chi connectivity index (χ0n) is 17.8. The van der Waals surface area contributed by atoms with Crippen LogP contribution in [-0.4, -0.2) is 36.8 Å². The molecular formula is C23H23F3N4OS. The molecule has 1 aliphatic rings. The summed E-state index contributed by atoms with van der Waals surface area (Å²) in [5.74, 6) is 7.07. The maximum Gasteiger partial charge on any atom is 0.406 e. The van der Waals surface area contributed by atoms with Crippen molar-refractivity contribution >= 4 is 36.6 Å². The molecule has 0 fully saturated rings. The molecule has 1 aromatic heterocycles. The smallest absolute Gasteiger partial charge is 0.406 e. The van der Waals surface area contributed by atoms with E-state index in [2.05, 4.69) is 40.0 Å². The zero-order valence-corrected chi connectivity index (χ0v) is 18.6. The summed E-state index contributed by atoms with van der Waals surface area (Å²) in [5.41, 5.74) is 2.15. The van der Waals surface area contributed by atoms with Gasteiger partial charge in [-0.15, -0.1) is 0 Å². The van der Waals surface area contributed by atoms with Crippen LogP contribution in [0, 0.1) is 11.8 Å². The SMILES string of the molecule is C=c1cc(C#CCNc2ccc(SNC3=NCC(C)=C3)cc2OC)n(CC(F)(F)F)c1=C. The molecule has 0 amide bonds. The summed E-state index contributed by atoms with van der Waals surface area (Å²) in [6, 6.07) is 7.15. The van der Waals surface area contributed by atoms with Crippen LogP contribution < -0.4 is 25.3 Å². The van der Waals surface area contributed by atoms with E-state index in [0.717, 1.165) is 21.0 Å². The van der Waals surface area contributed by atoms with Crippen LogP contribution in [-0.2, 0) is 6.54 Å². The van der Waals surface area contributed by atoms with Crippen molar-refractivity contribution in [2.24, 2.45) is 4.99 Å². The van der Waals surface area contributed by atoms with Crippen molar-refractivity contribution in [1.29, 1.82) is 0 Å². The van der Waals surface area contributed by atoms with E-state index in [9.17, 15) is 13.2 Å². The Morgan fingerprint density at radius 2 is 2.06 bits per heavy atom. The number of alkyl halides is 3. The molecule has 2 aromatic rings. The van der Waals surface area contributed by atoms with Crippen LogP contribution in [0.3, 0.4) is 0 Å². The normalized spacial score (nSPS) is 13.2. The Balaban J connectivity index is 1.65. The van der Waals surface area contributed by atoms with Crippen LogP contribution in [0.1, 0.15) is 12.6 Å². The van der Waals surface area contributed by atoms with Crippen LogP contribution in [0.4, 0.5) is 18.9 Å². The minimum Gasteiger partial charge on any atom is -0.495 e. The number of aliphatic imine (C=N–C) groups is 1. The standard InChI is InChI=1S/C23H23F3N4OS/c1-15-10-22(28-13-15)29-32-19-7-8-20(21(12-19)31-4)27-9-5-6-18-11-16(2)17(3)30(18)14-23(24,25)26/h7-8,10-12,27H,2-3,9,13-14H2,1,4H3,(H,28,29). The monoisotopic (exact) mass is 460 g/mol. The molecule has 0 atom stereocenters. The first-order chi connectivity index (χ1) is 15.2. The van der Waals surface area contributed by atoms with Crippen molar-refractivity contribution in [1.82, 2.24) is 9.29 Å². The van der Waals surface area contributed by atoms with Crippen molar-refractivity contribution in [2.45, 2.75) is 24.5 Å². The van der Waals surface area contributed by atoms with Crippen LogP contribution in [0.25, 0.3) is 13.2 Å². The number of amidine groups is 1. The first-order valence-corrected chi connectivity index (χ1v) is 10.5. The molecule has 0 saturated heterocycles. The highest BCUT2D eigenvalue weighted by atomic mass is 32.2. The maximum absolute atomic E-state index is 12.8. The van der Waals surface area contributed by atoms with Gasteiger partial charge < -0.3 is 19.3 Å². The second-order valence-electron chi connectivity index (χ2n) is 7.12. The van der Waals surface area contributed by atoms with Gasteiger partial charge >= 0.3 is 6.18 Å². The van der Waals surface area contributed by atoms with E-state index in [-0.39, 0.29) is 17.6 Å². The third-order valence-corrected chi connectivity index (χ3v) is 5.35. The summed E-state index contributed by atoms with van der Waals surface area (Å²) < 4.78 is 48.2. The van der Waals surface area contributed by atoms with E-state index in [1.165, 1.54) is 23.6 Å². The molecule has 1 aliphatic heterocycles. The Labute approximate surface area is 188 Å². The van der Waals surface area contributed by atoms with Crippen LogP contribution in [0.15, 0.2) is 45.8 Å². The summed E-state index contributed by atoms with van der Waals surface area (Å²) in [7, 11) is 1.57. The van der Waals surface area contributed by atoms with E-state index >= 15 is 0 Å². The first-order valence-electron chi connectivity index (χ1n) is 9.65. The van der Waals surface area contributed by atoms with Gasteiger partial charge in [0, 0.05) is 10.2 Å². The third-order valence-electron chi connectivity index (χ3n) is 4.55. The molecule has 1 aromatic carbocycles. The van der Waals surface area contributed by atoms with E-state index in [0.29, 0.717) is 17.5 Å². The summed E-state index contributed by atoms with van der Waals surface area (Å²) in [6.45, 7) is 9.18. The predicted octanol–water partition coefficient (Wildman–Crippen LogP) is 3.30. The third kappa shape index (κ3) is 6.14. The van der Waals surface area contributed by atoms with Crippen molar-refractivity contribution in [3.8, 4) is 17.6 Å². The lowest BCUT2D eigenvalue weighted by Gasteiger charge is -2.11. The number of aromatic nitrogens is 1. The quantitative estimate of drug-likeness (QED) is 0.513. The molecule has 2 N–H and O–H groups in total. The Morgan fingerprint density at radius 1 is 1.28 bits per heavy atom. The fourth-order valence-electron chi connectivity index (χ4n) is 2.97. The van der Waals surface area contributed by atoms with E-state index in [4.69, 9.17) is 4.74 Å². The molecule has 0 unspecified atom stereocenters. The molecular weight excluding hydrogens is 437 g/mol. The predicted molar refractivity (Wildman–Crippen MR) is 124 cm³/mol. The van der Waals surface area contributed by atoms with Gasteiger partial charge in [-0.25, -0.2) is 0 Å². The number of methoxy groups -OCH3 is 1. The largest absolute Gasteiger partial charge is 0.495 e. The molecule has 0 bridgehead atoms. The van der Waals surface area contributed by atoms with Gasteiger partial charge in [-0.05, 0) is 65.9 Å². The average Bonchev–Trinajstić information content (AvgIpc) is 3.27.